The second-order valence-corrected chi connectivity index (χ2v) is 16.3. The molecule has 0 aromatic carbocycles. The first-order chi connectivity index (χ1) is 26.6. The number of ether oxygens (including phenoxy) is 3. The predicted molar refractivity (Wildman–Crippen MR) is 227 cm³/mol. The third kappa shape index (κ3) is 36.9. The fraction of sp³-hybridized carbons (Fsp3) is 0.809. The van der Waals surface area contributed by atoms with Gasteiger partial charge in [0.2, 0.25) is 0 Å². The first kappa shape index (κ1) is 52.6. The van der Waals surface area contributed by atoms with Gasteiger partial charge in [-0.25, -0.2) is 0 Å². The molecule has 0 rings (SSSR count). The van der Waals surface area contributed by atoms with E-state index in [1.54, 1.807) is 21.1 Å². The van der Waals surface area contributed by atoms with Crippen molar-refractivity contribution in [2.75, 3.05) is 41.0 Å². The van der Waals surface area contributed by atoms with Crippen molar-refractivity contribution in [3.05, 3.63) is 36.5 Å². The lowest BCUT2D eigenvalue weighted by Gasteiger charge is -2.34. The highest BCUT2D eigenvalue weighted by Gasteiger charge is 2.25. The van der Waals surface area contributed by atoms with Crippen LogP contribution in [0.4, 0.5) is 0 Å². The van der Waals surface area contributed by atoms with E-state index in [-0.39, 0.29) is 42.7 Å². The van der Waals surface area contributed by atoms with Gasteiger partial charge in [-0.3, -0.25) is 9.59 Å². The number of rotatable bonds is 40. The summed E-state index contributed by atoms with van der Waals surface area (Å²) in [6, 6.07) is -0.726. The van der Waals surface area contributed by atoms with E-state index >= 15 is 0 Å². The molecule has 320 valence electrons. The summed E-state index contributed by atoms with van der Waals surface area (Å²) in [5.74, 6) is -1.75. The van der Waals surface area contributed by atoms with Crippen LogP contribution in [-0.2, 0) is 28.6 Å². The Morgan fingerprint density at radius 2 is 0.964 bits per heavy atom. The van der Waals surface area contributed by atoms with Gasteiger partial charge in [0.25, 0.3) is 0 Å². The van der Waals surface area contributed by atoms with Crippen molar-refractivity contribution in [1.29, 1.82) is 0 Å². The van der Waals surface area contributed by atoms with Gasteiger partial charge in [0.1, 0.15) is 12.6 Å². The molecule has 0 N–H and O–H groups in total. The summed E-state index contributed by atoms with van der Waals surface area (Å²) in [6.45, 7) is 4.60. The lowest BCUT2D eigenvalue weighted by Crippen LogP contribution is -2.55. The number of quaternary nitrogens is 1. The fourth-order valence-electron chi connectivity index (χ4n) is 6.45. The molecule has 2 unspecified atom stereocenters. The number of likely N-dealkylation sites (N-methyl/N-ethyl adjacent to an activating group) is 1. The highest BCUT2D eigenvalue weighted by molar-refractivity contribution is 5.70. The van der Waals surface area contributed by atoms with Crippen LogP contribution in [0.25, 0.3) is 0 Å². The number of esters is 2. The molecule has 0 bridgehead atoms. The van der Waals surface area contributed by atoms with Gasteiger partial charge in [-0.2, -0.15) is 0 Å². The number of hydrogen-bond donors (Lipinski definition) is 0. The fourth-order valence-corrected chi connectivity index (χ4v) is 6.45. The number of carboxylic acids is 1. The molecule has 0 fully saturated rings. The minimum atomic E-state index is -1.13. The zero-order valence-corrected chi connectivity index (χ0v) is 36.3. The Hall–Kier alpha value is -2.45. The number of nitrogens with zero attached hydrogens (tertiary/aromatic N) is 1. The largest absolute Gasteiger partial charge is 0.544 e. The van der Waals surface area contributed by atoms with Gasteiger partial charge in [0, 0.05) is 19.3 Å². The summed E-state index contributed by atoms with van der Waals surface area (Å²) < 4.78 is 17.2. The molecule has 0 aromatic rings. The van der Waals surface area contributed by atoms with E-state index in [1.165, 1.54) is 103 Å². The van der Waals surface area contributed by atoms with Crippen LogP contribution in [0.5, 0.6) is 0 Å². The zero-order chi connectivity index (χ0) is 40.7. The van der Waals surface area contributed by atoms with Crippen LogP contribution in [0.15, 0.2) is 36.5 Å². The maximum atomic E-state index is 12.7. The Kier molecular flexibility index (Phi) is 36.7. The standard InChI is InChI=1S/C47H85NO7/c1-6-8-10-12-14-16-18-20-21-22-23-24-25-26-28-30-32-34-36-38-46(50)55-43(41-53-40-39-44(47(51)52)48(3,4)5)42-54-45(49)37-35-33-31-29-27-19-17-15-13-11-9-7-2/h14-17,20-21,43-44H,6-13,18-19,22-42H2,1-5H3/b16-14-,17-15-,21-20-. The Labute approximate surface area is 338 Å². The molecule has 8 heteroatoms. The number of aliphatic carboxylic acids is 1. The topological polar surface area (TPSA) is 102 Å². The molecule has 0 aromatic heterocycles. The quantitative estimate of drug-likeness (QED) is 0.0264. The van der Waals surface area contributed by atoms with Crippen molar-refractivity contribution in [3.63, 3.8) is 0 Å². The van der Waals surface area contributed by atoms with Crippen LogP contribution in [0, 0.1) is 0 Å². The van der Waals surface area contributed by atoms with Gasteiger partial charge in [-0.15, -0.1) is 0 Å². The summed E-state index contributed by atoms with van der Waals surface area (Å²) in [5, 5.41) is 11.6. The van der Waals surface area contributed by atoms with Crippen molar-refractivity contribution < 1.29 is 38.2 Å². The summed E-state index contributed by atoms with van der Waals surface area (Å²) in [5.41, 5.74) is 0. The Morgan fingerprint density at radius 3 is 1.42 bits per heavy atom. The van der Waals surface area contributed by atoms with E-state index in [2.05, 4.69) is 50.3 Å². The number of carboxylic acid groups (broad SMARTS) is 1. The molecule has 0 aliphatic heterocycles. The third-order valence-corrected chi connectivity index (χ3v) is 10.00. The molecule has 8 nitrogen and oxygen atoms in total. The SMILES string of the molecule is CCCCC/C=C\C/C=C\CCCCCCCCCCCC(=O)OC(COCCC(C(=O)[O-])[N+](C)(C)C)COC(=O)CCCCCCC/C=C\CCCCC. The minimum absolute atomic E-state index is 0.0375. The molecule has 2 atom stereocenters. The van der Waals surface area contributed by atoms with Gasteiger partial charge in [0.05, 0.1) is 40.3 Å². The van der Waals surface area contributed by atoms with E-state index in [0.717, 1.165) is 57.8 Å². The maximum absolute atomic E-state index is 12.7. The van der Waals surface area contributed by atoms with Crippen LogP contribution in [0.2, 0.25) is 0 Å². The second kappa shape index (κ2) is 38.4. The lowest BCUT2D eigenvalue weighted by atomic mass is 10.1. The van der Waals surface area contributed by atoms with Gasteiger partial charge in [-0.1, -0.05) is 140 Å². The van der Waals surface area contributed by atoms with E-state index in [9.17, 15) is 19.5 Å². The zero-order valence-electron chi connectivity index (χ0n) is 36.3. The molecule has 0 heterocycles. The normalized spacial score (nSPS) is 13.3. The molecule has 0 aliphatic carbocycles. The number of allylic oxidation sites excluding steroid dienone is 6. The molecule has 0 amide bonds. The highest BCUT2D eigenvalue weighted by Crippen LogP contribution is 2.14. The predicted octanol–water partition coefficient (Wildman–Crippen LogP) is 10.9. The number of carbonyl (C=O) groups excluding carboxylic acids is 3. The van der Waals surface area contributed by atoms with Crippen molar-refractivity contribution in [2.24, 2.45) is 0 Å². The van der Waals surface area contributed by atoms with Gasteiger partial charge >= 0.3 is 11.9 Å². The minimum Gasteiger partial charge on any atom is -0.544 e. The summed E-state index contributed by atoms with van der Waals surface area (Å²) in [7, 11) is 5.40. The summed E-state index contributed by atoms with van der Waals surface area (Å²) in [6.07, 6.45) is 43.0. The first-order valence-electron chi connectivity index (χ1n) is 22.5. The number of unbranched alkanes of at least 4 members (excludes halogenated alkanes) is 20. The second-order valence-electron chi connectivity index (χ2n) is 16.3. The molecular formula is C47H85NO7. The Balaban J connectivity index is 4.31. The molecule has 0 spiro atoms. The van der Waals surface area contributed by atoms with Crippen molar-refractivity contribution in [2.45, 2.75) is 206 Å². The van der Waals surface area contributed by atoms with E-state index < -0.39 is 18.1 Å². The van der Waals surface area contributed by atoms with E-state index in [0.29, 0.717) is 12.8 Å². The van der Waals surface area contributed by atoms with Gasteiger partial charge in [-0.05, 0) is 70.6 Å². The van der Waals surface area contributed by atoms with Gasteiger partial charge in [0.15, 0.2) is 6.10 Å². The molecule has 0 saturated carbocycles. The smallest absolute Gasteiger partial charge is 0.306 e. The maximum Gasteiger partial charge on any atom is 0.306 e. The van der Waals surface area contributed by atoms with E-state index in [1.807, 2.05) is 0 Å². The average Bonchev–Trinajstić information content (AvgIpc) is 3.14. The summed E-state index contributed by atoms with van der Waals surface area (Å²) >= 11 is 0. The average molecular weight is 776 g/mol. The molecule has 55 heavy (non-hydrogen) atoms. The van der Waals surface area contributed by atoms with Crippen molar-refractivity contribution >= 4 is 17.9 Å². The highest BCUT2D eigenvalue weighted by atomic mass is 16.6. The van der Waals surface area contributed by atoms with E-state index in [4.69, 9.17) is 14.2 Å². The number of hydrogen-bond acceptors (Lipinski definition) is 7. The third-order valence-electron chi connectivity index (χ3n) is 10.00. The van der Waals surface area contributed by atoms with Gasteiger partial charge < -0.3 is 28.6 Å². The summed E-state index contributed by atoms with van der Waals surface area (Å²) in [4.78, 5) is 36.8. The first-order valence-corrected chi connectivity index (χ1v) is 22.5. The van der Waals surface area contributed by atoms with Crippen LogP contribution in [0.1, 0.15) is 194 Å². The molecule has 0 saturated heterocycles. The molecule has 0 aliphatic rings. The lowest BCUT2D eigenvalue weighted by molar-refractivity contribution is -0.889. The van der Waals surface area contributed by atoms with Crippen LogP contribution in [-0.4, -0.2) is 75.5 Å². The molecule has 0 radical (unpaired) electrons. The Morgan fingerprint density at radius 1 is 0.545 bits per heavy atom. The Bertz CT molecular complexity index is 1000. The number of carbonyl (C=O) groups is 3. The van der Waals surface area contributed by atoms with Crippen LogP contribution < -0.4 is 5.11 Å². The molecular weight excluding hydrogens is 691 g/mol. The monoisotopic (exact) mass is 776 g/mol. The van der Waals surface area contributed by atoms with Crippen LogP contribution >= 0.6 is 0 Å². The van der Waals surface area contributed by atoms with Crippen LogP contribution in [0.3, 0.4) is 0 Å². The van der Waals surface area contributed by atoms with Crippen molar-refractivity contribution in [3.8, 4) is 0 Å². The van der Waals surface area contributed by atoms with Crippen molar-refractivity contribution in [1.82, 2.24) is 0 Å².